The van der Waals surface area contributed by atoms with E-state index in [1.165, 1.54) is 5.56 Å². The van der Waals surface area contributed by atoms with Crippen LogP contribution in [0.1, 0.15) is 12.5 Å². The van der Waals surface area contributed by atoms with E-state index >= 15 is 0 Å². The number of carbonyl (C=O) groups is 1. The number of benzene rings is 2. The Morgan fingerprint density at radius 1 is 1.08 bits per heavy atom. The van der Waals surface area contributed by atoms with Gasteiger partial charge in [-0.2, -0.15) is 0 Å². The topological polar surface area (TPSA) is 51.2 Å². The number of piperazine rings is 1. The second-order valence-corrected chi connectivity index (χ2v) is 6.52. The fourth-order valence-corrected chi connectivity index (χ4v) is 3.40. The molecular weight excluding hydrogens is 332 g/mol. The zero-order chi connectivity index (χ0) is 18.1. The summed E-state index contributed by atoms with van der Waals surface area (Å²) in [5.41, 5.74) is 2.03. The van der Waals surface area contributed by atoms with Gasteiger partial charge >= 0.3 is 0 Å². The maximum atomic E-state index is 12.9. The molecule has 6 heteroatoms. The molecule has 0 aliphatic carbocycles. The number of amides is 1. The second-order valence-electron chi connectivity index (χ2n) is 6.52. The Bertz CT molecular complexity index is 806. The van der Waals surface area contributed by atoms with Crippen LogP contribution in [-0.2, 0) is 11.3 Å². The molecule has 2 aliphatic rings. The van der Waals surface area contributed by atoms with Crippen molar-refractivity contribution in [3.8, 4) is 17.2 Å². The molecular formula is C20H22N2O4. The van der Waals surface area contributed by atoms with Crippen molar-refractivity contribution in [2.24, 2.45) is 0 Å². The Morgan fingerprint density at radius 2 is 1.85 bits per heavy atom. The molecule has 1 saturated heterocycles. The van der Waals surface area contributed by atoms with Crippen LogP contribution >= 0.6 is 0 Å². The van der Waals surface area contributed by atoms with Gasteiger partial charge < -0.3 is 19.1 Å². The smallest absolute Gasteiger partial charge is 0.244 e. The molecule has 0 N–H and O–H groups in total. The standard InChI is InChI=1S/C20H22N2O4/c1-14-20(23)22(16-5-8-18-19(11-16)26-13-25-18)10-9-21(14)12-15-3-6-17(24-2)7-4-15/h3-8,11,14H,9-10,12-13H2,1-2H3. The Hall–Kier alpha value is -2.73. The minimum Gasteiger partial charge on any atom is -0.497 e. The van der Waals surface area contributed by atoms with Crippen LogP contribution in [0.25, 0.3) is 0 Å². The highest BCUT2D eigenvalue weighted by Crippen LogP contribution is 2.36. The molecule has 136 valence electrons. The maximum absolute atomic E-state index is 12.9. The number of rotatable bonds is 4. The van der Waals surface area contributed by atoms with E-state index in [9.17, 15) is 4.79 Å². The van der Waals surface area contributed by atoms with Crippen LogP contribution in [0.3, 0.4) is 0 Å². The minimum atomic E-state index is -0.184. The van der Waals surface area contributed by atoms with Gasteiger partial charge in [0.2, 0.25) is 12.7 Å². The van der Waals surface area contributed by atoms with Gasteiger partial charge in [-0.25, -0.2) is 0 Å². The molecule has 2 aliphatic heterocycles. The molecule has 0 spiro atoms. The zero-order valence-corrected chi connectivity index (χ0v) is 15.0. The molecule has 0 radical (unpaired) electrons. The van der Waals surface area contributed by atoms with Gasteiger partial charge in [0.1, 0.15) is 5.75 Å². The van der Waals surface area contributed by atoms with Crippen molar-refractivity contribution in [2.75, 3.05) is 31.9 Å². The number of hydrogen-bond acceptors (Lipinski definition) is 5. The fourth-order valence-electron chi connectivity index (χ4n) is 3.40. The van der Waals surface area contributed by atoms with E-state index in [4.69, 9.17) is 14.2 Å². The van der Waals surface area contributed by atoms with Gasteiger partial charge in [-0.05, 0) is 36.8 Å². The summed E-state index contributed by atoms with van der Waals surface area (Å²) in [6.45, 7) is 4.40. The third-order valence-electron chi connectivity index (χ3n) is 4.99. The van der Waals surface area contributed by atoms with E-state index in [1.54, 1.807) is 7.11 Å². The fraction of sp³-hybridized carbons (Fsp3) is 0.350. The highest BCUT2D eigenvalue weighted by molar-refractivity contribution is 5.98. The zero-order valence-electron chi connectivity index (χ0n) is 15.0. The number of methoxy groups -OCH3 is 1. The van der Waals surface area contributed by atoms with Gasteiger partial charge in [0, 0.05) is 31.4 Å². The van der Waals surface area contributed by atoms with Gasteiger partial charge in [0.05, 0.1) is 13.2 Å². The lowest BCUT2D eigenvalue weighted by Crippen LogP contribution is -2.55. The molecule has 26 heavy (non-hydrogen) atoms. The third kappa shape index (κ3) is 3.08. The second kappa shape index (κ2) is 6.88. The predicted molar refractivity (Wildman–Crippen MR) is 97.8 cm³/mol. The van der Waals surface area contributed by atoms with Gasteiger partial charge in [-0.15, -0.1) is 0 Å². The lowest BCUT2D eigenvalue weighted by molar-refractivity contribution is -0.125. The Labute approximate surface area is 152 Å². The minimum absolute atomic E-state index is 0.101. The van der Waals surface area contributed by atoms with Crippen LogP contribution < -0.4 is 19.1 Å². The number of carbonyl (C=O) groups excluding carboxylic acids is 1. The van der Waals surface area contributed by atoms with E-state index in [1.807, 2.05) is 54.3 Å². The van der Waals surface area contributed by atoms with E-state index in [2.05, 4.69) is 4.90 Å². The summed E-state index contributed by atoms with van der Waals surface area (Å²) >= 11 is 0. The first kappa shape index (κ1) is 16.7. The predicted octanol–water partition coefficient (Wildman–Crippen LogP) is 2.66. The highest BCUT2D eigenvalue weighted by atomic mass is 16.7. The molecule has 0 aromatic heterocycles. The third-order valence-corrected chi connectivity index (χ3v) is 4.99. The largest absolute Gasteiger partial charge is 0.497 e. The van der Waals surface area contributed by atoms with Crippen LogP contribution in [-0.4, -0.2) is 43.8 Å². The van der Waals surface area contributed by atoms with E-state index < -0.39 is 0 Å². The van der Waals surface area contributed by atoms with Gasteiger partial charge in [0.25, 0.3) is 0 Å². The van der Waals surface area contributed by atoms with Crippen molar-refractivity contribution in [1.29, 1.82) is 0 Å². The monoisotopic (exact) mass is 354 g/mol. The molecule has 1 fully saturated rings. The Balaban J connectivity index is 1.46. The van der Waals surface area contributed by atoms with Crippen LogP contribution in [0.2, 0.25) is 0 Å². The van der Waals surface area contributed by atoms with E-state index in [0.717, 1.165) is 30.3 Å². The SMILES string of the molecule is COc1ccc(CN2CCN(c3ccc4c(c3)OCO4)C(=O)C2C)cc1. The van der Waals surface area contributed by atoms with Gasteiger partial charge in [-0.1, -0.05) is 12.1 Å². The van der Waals surface area contributed by atoms with Crippen LogP contribution in [0.5, 0.6) is 17.2 Å². The normalized spacial score (nSPS) is 19.7. The van der Waals surface area contributed by atoms with Crippen LogP contribution in [0.15, 0.2) is 42.5 Å². The first-order chi connectivity index (χ1) is 12.7. The summed E-state index contributed by atoms with van der Waals surface area (Å²) in [4.78, 5) is 17.0. The molecule has 4 rings (SSSR count). The van der Waals surface area contributed by atoms with E-state index in [-0.39, 0.29) is 18.7 Å². The Morgan fingerprint density at radius 3 is 2.62 bits per heavy atom. The molecule has 1 amide bonds. The van der Waals surface area contributed by atoms with E-state index in [0.29, 0.717) is 12.3 Å². The van der Waals surface area contributed by atoms with Gasteiger partial charge in [0.15, 0.2) is 11.5 Å². The summed E-state index contributed by atoms with van der Waals surface area (Å²) in [6.07, 6.45) is 0. The molecule has 0 saturated carbocycles. The lowest BCUT2D eigenvalue weighted by Gasteiger charge is -2.39. The Kier molecular flexibility index (Phi) is 4.42. The lowest BCUT2D eigenvalue weighted by atomic mass is 10.1. The number of ether oxygens (including phenoxy) is 3. The number of nitrogens with zero attached hydrogens (tertiary/aromatic N) is 2. The van der Waals surface area contributed by atoms with Crippen molar-refractivity contribution < 1.29 is 19.0 Å². The molecule has 1 unspecified atom stereocenters. The van der Waals surface area contributed by atoms with Crippen LogP contribution in [0, 0.1) is 0 Å². The van der Waals surface area contributed by atoms with Crippen molar-refractivity contribution in [1.82, 2.24) is 4.90 Å². The molecule has 0 bridgehead atoms. The maximum Gasteiger partial charge on any atom is 0.244 e. The van der Waals surface area contributed by atoms with Gasteiger partial charge in [-0.3, -0.25) is 9.69 Å². The molecule has 6 nitrogen and oxygen atoms in total. The number of fused-ring (bicyclic) bond motifs is 1. The average molecular weight is 354 g/mol. The first-order valence-corrected chi connectivity index (χ1v) is 8.74. The quantitative estimate of drug-likeness (QED) is 0.845. The first-order valence-electron chi connectivity index (χ1n) is 8.74. The molecule has 2 aromatic rings. The summed E-state index contributed by atoms with van der Waals surface area (Å²) in [5.74, 6) is 2.37. The molecule has 2 heterocycles. The summed E-state index contributed by atoms with van der Waals surface area (Å²) in [7, 11) is 1.66. The number of hydrogen-bond donors (Lipinski definition) is 0. The molecule has 1 atom stereocenters. The van der Waals surface area contributed by atoms with Crippen LogP contribution in [0.4, 0.5) is 5.69 Å². The summed E-state index contributed by atoms with van der Waals surface area (Å²) in [6, 6.07) is 13.5. The molecule has 2 aromatic carbocycles. The average Bonchev–Trinajstić information content (AvgIpc) is 3.14. The van der Waals surface area contributed by atoms with Crippen molar-refractivity contribution in [3.05, 3.63) is 48.0 Å². The van der Waals surface area contributed by atoms with Crippen molar-refractivity contribution >= 4 is 11.6 Å². The summed E-state index contributed by atoms with van der Waals surface area (Å²) in [5, 5.41) is 0. The van der Waals surface area contributed by atoms with Crippen molar-refractivity contribution in [3.63, 3.8) is 0 Å². The van der Waals surface area contributed by atoms with Crippen molar-refractivity contribution in [2.45, 2.75) is 19.5 Å². The summed E-state index contributed by atoms with van der Waals surface area (Å²) < 4.78 is 16.0. The highest BCUT2D eigenvalue weighted by Gasteiger charge is 2.32. The number of anilines is 1.